The van der Waals surface area contributed by atoms with Gasteiger partial charge in [-0.25, -0.2) is 4.79 Å². The monoisotopic (exact) mass is 263 g/mol. The molecule has 102 valence electrons. The molecule has 0 unspecified atom stereocenters. The van der Waals surface area contributed by atoms with Crippen LogP contribution in [-0.4, -0.2) is 23.6 Å². The molecule has 0 bridgehead atoms. The summed E-state index contributed by atoms with van der Waals surface area (Å²) in [5, 5.41) is 11.3. The van der Waals surface area contributed by atoms with Gasteiger partial charge in [-0.05, 0) is 37.1 Å². The number of aryl methyl sites for hydroxylation is 1. The lowest BCUT2D eigenvalue weighted by Crippen LogP contribution is -2.12. The molecule has 1 amide bonds. The fourth-order valence-electron chi connectivity index (χ4n) is 1.46. The van der Waals surface area contributed by atoms with Crippen LogP contribution in [0.2, 0.25) is 0 Å². The minimum Gasteiger partial charge on any atom is -0.482 e. The number of anilines is 1. The Hall–Kier alpha value is -2.30. The molecule has 0 aromatic heterocycles. The molecule has 0 saturated carbocycles. The maximum atomic E-state index is 11.6. The number of hydrogen-bond acceptors (Lipinski definition) is 3. The van der Waals surface area contributed by atoms with E-state index in [9.17, 15) is 9.59 Å². The molecule has 5 heteroatoms. The number of carboxylic acids is 1. The highest BCUT2D eigenvalue weighted by atomic mass is 16.5. The normalized spacial score (nSPS) is 9.74. The van der Waals surface area contributed by atoms with Gasteiger partial charge < -0.3 is 15.2 Å². The average Bonchev–Trinajstić information content (AvgIpc) is 2.36. The predicted octanol–water partition coefficient (Wildman–Crippen LogP) is 2.36. The summed E-state index contributed by atoms with van der Waals surface area (Å²) in [6.45, 7) is 4.99. The van der Waals surface area contributed by atoms with Crippen molar-refractivity contribution >= 4 is 17.6 Å². The summed E-state index contributed by atoms with van der Waals surface area (Å²) in [5.74, 6) is -0.648. The average molecular weight is 263 g/mol. The first-order valence-corrected chi connectivity index (χ1v) is 5.89. The number of benzene rings is 1. The van der Waals surface area contributed by atoms with Gasteiger partial charge in [0.25, 0.3) is 0 Å². The summed E-state index contributed by atoms with van der Waals surface area (Å²) in [6.07, 6.45) is 2.71. The molecule has 1 rings (SSSR count). The summed E-state index contributed by atoms with van der Waals surface area (Å²) >= 11 is 0. The second kappa shape index (κ2) is 7.20. The van der Waals surface area contributed by atoms with Crippen molar-refractivity contribution in [2.45, 2.75) is 19.8 Å². The SMILES string of the molecule is C=CCCC(=O)Nc1ccc(OCC(=O)O)cc1C. The van der Waals surface area contributed by atoms with Crippen molar-refractivity contribution in [2.75, 3.05) is 11.9 Å². The number of ether oxygens (including phenoxy) is 1. The smallest absolute Gasteiger partial charge is 0.341 e. The number of carbonyl (C=O) groups is 2. The van der Waals surface area contributed by atoms with E-state index >= 15 is 0 Å². The summed E-state index contributed by atoms with van der Waals surface area (Å²) < 4.78 is 5.05. The third kappa shape index (κ3) is 5.25. The van der Waals surface area contributed by atoms with E-state index in [1.807, 2.05) is 6.92 Å². The Morgan fingerprint density at radius 2 is 2.21 bits per heavy atom. The van der Waals surface area contributed by atoms with Gasteiger partial charge in [0.05, 0.1) is 0 Å². The summed E-state index contributed by atoms with van der Waals surface area (Å²) in [4.78, 5) is 21.9. The van der Waals surface area contributed by atoms with Crippen molar-refractivity contribution in [2.24, 2.45) is 0 Å². The van der Waals surface area contributed by atoms with Crippen LogP contribution in [0.3, 0.4) is 0 Å². The summed E-state index contributed by atoms with van der Waals surface area (Å²) in [7, 11) is 0. The number of allylic oxidation sites excluding steroid dienone is 1. The van der Waals surface area contributed by atoms with Crippen molar-refractivity contribution in [1.82, 2.24) is 0 Å². The molecule has 0 aliphatic rings. The Kier molecular flexibility index (Phi) is 5.60. The van der Waals surface area contributed by atoms with E-state index < -0.39 is 5.97 Å². The molecular weight excluding hydrogens is 246 g/mol. The number of rotatable bonds is 7. The van der Waals surface area contributed by atoms with E-state index in [1.165, 1.54) is 0 Å². The van der Waals surface area contributed by atoms with Crippen LogP contribution in [-0.2, 0) is 9.59 Å². The fraction of sp³-hybridized carbons (Fsp3) is 0.286. The van der Waals surface area contributed by atoms with Gasteiger partial charge in [-0.2, -0.15) is 0 Å². The molecule has 0 fully saturated rings. The fourth-order valence-corrected chi connectivity index (χ4v) is 1.46. The van der Waals surface area contributed by atoms with Crippen molar-refractivity contribution < 1.29 is 19.4 Å². The maximum absolute atomic E-state index is 11.6. The van der Waals surface area contributed by atoms with Gasteiger partial charge in [-0.15, -0.1) is 6.58 Å². The molecule has 1 aromatic carbocycles. The molecule has 0 saturated heterocycles. The topological polar surface area (TPSA) is 75.6 Å². The highest BCUT2D eigenvalue weighted by Gasteiger charge is 2.06. The first-order valence-electron chi connectivity index (χ1n) is 5.89. The van der Waals surface area contributed by atoms with Crippen LogP contribution >= 0.6 is 0 Å². The summed E-state index contributed by atoms with van der Waals surface area (Å²) in [5.41, 5.74) is 1.51. The van der Waals surface area contributed by atoms with E-state index in [2.05, 4.69) is 11.9 Å². The second-order valence-electron chi connectivity index (χ2n) is 4.03. The van der Waals surface area contributed by atoms with Gasteiger partial charge in [0.15, 0.2) is 6.61 Å². The standard InChI is InChI=1S/C14H17NO4/c1-3-4-5-13(16)15-12-7-6-11(8-10(12)2)19-9-14(17)18/h3,6-8H,1,4-5,9H2,2H3,(H,15,16)(H,17,18). The van der Waals surface area contributed by atoms with Crippen LogP contribution < -0.4 is 10.1 Å². The lowest BCUT2D eigenvalue weighted by atomic mass is 10.2. The van der Waals surface area contributed by atoms with Gasteiger partial charge in [0.2, 0.25) is 5.91 Å². The van der Waals surface area contributed by atoms with Gasteiger partial charge >= 0.3 is 5.97 Å². The Labute approximate surface area is 111 Å². The molecule has 1 aromatic rings. The largest absolute Gasteiger partial charge is 0.482 e. The second-order valence-corrected chi connectivity index (χ2v) is 4.03. The van der Waals surface area contributed by atoms with E-state index in [0.717, 1.165) is 5.56 Å². The van der Waals surface area contributed by atoms with Crippen molar-refractivity contribution in [3.8, 4) is 5.75 Å². The Bertz CT molecular complexity index is 482. The molecule has 0 heterocycles. The van der Waals surface area contributed by atoms with Crippen LogP contribution in [0.15, 0.2) is 30.9 Å². The first-order chi connectivity index (χ1) is 9.02. The van der Waals surface area contributed by atoms with Crippen LogP contribution in [0.5, 0.6) is 5.75 Å². The molecule has 0 spiro atoms. The van der Waals surface area contributed by atoms with Crippen LogP contribution in [0.4, 0.5) is 5.69 Å². The van der Waals surface area contributed by atoms with Crippen molar-refractivity contribution in [3.63, 3.8) is 0 Å². The molecule has 5 nitrogen and oxygen atoms in total. The Morgan fingerprint density at radius 3 is 2.79 bits per heavy atom. The zero-order chi connectivity index (χ0) is 14.3. The number of hydrogen-bond donors (Lipinski definition) is 2. The predicted molar refractivity (Wildman–Crippen MR) is 72.4 cm³/mol. The van der Waals surface area contributed by atoms with Gasteiger partial charge in [0, 0.05) is 12.1 Å². The molecule has 0 aliphatic heterocycles. The third-order valence-corrected chi connectivity index (χ3v) is 2.41. The first kappa shape index (κ1) is 14.8. The van der Waals surface area contributed by atoms with Crippen LogP contribution in [0.1, 0.15) is 18.4 Å². The lowest BCUT2D eigenvalue weighted by molar-refractivity contribution is -0.139. The molecule has 0 radical (unpaired) electrons. The van der Waals surface area contributed by atoms with Gasteiger partial charge in [-0.1, -0.05) is 6.08 Å². The minimum absolute atomic E-state index is 0.0813. The number of aliphatic carboxylic acids is 1. The number of carboxylic acid groups (broad SMARTS) is 1. The van der Waals surface area contributed by atoms with Gasteiger partial charge in [0.1, 0.15) is 5.75 Å². The van der Waals surface area contributed by atoms with Crippen LogP contribution in [0, 0.1) is 6.92 Å². The number of carbonyl (C=O) groups excluding carboxylic acids is 1. The molecule has 0 aliphatic carbocycles. The maximum Gasteiger partial charge on any atom is 0.341 e. The van der Waals surface area contributed by atoms with Crippen molar-refractivity contribution in [3.05, 3.63) is 36.4 Å². The third-order valence-electron chi connectivity index (χ3n) is 2.41. The van der Waals surface area contributed by atoms with Gasteiger partial charge in [-0.3, -0.25) is 4.79 Å². The quantitative estimate of drug-likeness (QED) is 0.740. The van der Waals surface area contributed by atoms with Crippen molar-refractivity contribution in [1.29, 1.82) is 0 Å². The highest BCUT2D eigenvalue weighted by molar-refractivity contribution is 5.91. The zero-order valence-electron chi connectivity index (χ0n) is 10.8. The Balaban J connectivity index is 2.63. The van der Waals surface area contributed by atoms with E-state index in [4.69, 9.17) is 9.84 Å². The minimum atomic E-state index is -1.03. The summed E-state index contributed by atoms with van der Waals surface area (Å²) in [6, 6.07) is 5.00. The molecular formula is C14H17NO4. The Morgan fingerprint density at radius 1 is 1.47 bits per heavy atom. The zero-order valence-corrected chi connectivity index (χ0v) is 10.8. The lowest BCUT2D eigenvalue weighted by Gasteiger charge is -2.10. The van der Waals surface area contributed by atoms with E-state index in [0.29, 0.717) is 24.3 Å². The van der Waals surface area contributed by atoms with E-state index in [-0.39, 0.29) is 12.5 Å². The van der Waals surface area contributed by atoms with Crippen LogP contribution in [0.25, 0.3) is 0 Å². The number of nitrogens with one attached hydrogen (secondary N) is 1. The molecule has 19 heavy (non-hydrogen) atoms. The molecule has 0 atom stereocenters. The van der Waals surface area contributed by atoms with E-state index in [1.54, 1.807) is 24.3 Å². The highest BCUT2D eigenvalue weighted by Crippen LogP contribution is 2.21. The number of amides is 1. The molecule has 2 N–H and O–H groups in total.